The topological polar surface area (TPSA) is 96.5 Å². The molecular weight excluding hydrogens is 390 g/mol. The Balaban J connectivity index is 1.56. The third-order valence-corrected chi connectivity index (χ3v) is 5.54. The molecule has 7 heteroatoms. The SMILES string of the molecule is CC[C@@H](N)CNc1ccnc(-c2cc(-c3ccc(N4CCOCC4)cc3)ccc2O)n1. The normalized spacial score (nSPS) is 15.0. The molecule has 1 aliphatic rings. The number of hydrogen-bond acceptors (Lipinski definition) is 7. The predicted molar refractivity (Wildman–Crippen MR) is 124 cm³/mol. The third-order valence-electron chi connectivity index (χ3n) is 5.54. The van der Waals surface area contributed by atoms with Crippen molar-refractivity contribution >= 4 is 11.5 Å². The first-order chi connectivity index (χ1) is 15.1. The Kier molecular flexibility index (Phi) is 6.64. The van der Waals surface area contributed by atoms with Crippen molar-refractivity contribution < 1.29 is 9.84 Å². The van der Waals surface area contributed by atoms with Crippen molar-refractivity contribution in [3.8, 4) is 28.3 Å². The first-order valence-corrected chi connectivity index (χ1v) is 10.7. The summed E-state index contributed by atoms with van der Waals surface area (Å²) < 4.78 is 5.43. The minimum Gasteiger partial charge on any atom is -0.507 e. The molecule has 4 N–H and O–H groups in total. The average molecular weight is 420 g/mol. The van der Waals surface area contributed by atoms with Gasteiger partial charge in [-0.05, 0) is 47.9 Å². The molecule has 0 amide bonds. The fourth-order valence-corrected chi connectivity index (χ4v) is 3.55. The molecule has 3 aromatic rings. The summed E-state index contributed by atoms with van der Waals surface area (Å²) in [5.74, 6) is 1.31. The molecular formula is C24H29N5O2. The molecule has 0 spiro atoms. The van der Waals surface area contributed by atoms with Crippen molar-refractivity contribution in [1.29, 1.82) is 0 Å². The van der Waals surface area contributed by atoms with Crippen LogP contribution in [0.25, 0.3) is 22.5 Å². The zero-order chi connectivity index (χ0) is 21.6. The van der Waals surface area contributed by atoms with E-state index in [0.29, 0.717) is 23.8 Å². The minimum atomic E-state index is 0.0654. The number of nitrogens with one attached hydrogen (secondary N) is 1. The van der Waals surface area contributed by atoms with E-state index in [1.807, 2.05) is 12.1 Å². The van der Waals surface area contributed by atoms with E-state index in [1.54, 1.807) is 18.3 Å². The van der Waals surface area contributed by atoms with Gasteiger partial charge in [0.05, 0.1) is 18.8 Å². The zero-order valence-electron chi connectivity index (χ0n) is 17.8. The van der Waals surface area contributed by atoms with Gasteiger partial charge in [-0.15, -0.1) is 0 Å². The van der Waals surface area contributed by atoms with Gasteiger partial charge in [0, 0.05) is 37.6 Å². The summed E-state index contributed by atoms with van der Waals surface area (Å²) in [6.07, 6.45) is 2.57. The van der Waals surface area contributed by atoms with Crippen molar-refractivity contribution in [3.05, 3.63) is 54.7 Å². The number of phenolic OH excluding ortho intramolecular Hbond substituents is 1. The molecule has 2 heterocycles. The summed E-state index contributed by atoms with van der Waals surface area (Å²) >= 11 is 0. The summed E-state index contributed by atoms with van der Waals surface area (Å²) in [5, 5.41) is 13.7. The molecule has 7 nitrogen and oxygen atoms in total. The molecule has 1 aliphatic heterocycles. The van der Waals surface area contributed by atoms with E-state index in [-0.39, 0.29) is 11.8 Å². The Morgan fingerprint density at radius 1 is 1.10 bits per heavy atom. The van der Waals surface area contributed by atoms with Crippen LogP contribution in [0, 0.1) is 0 Å². The summed E-state index contributed by atoms with van der Waals surface area (Å²) in [5.41, 5.74) is 9.84. The van der Waals surface area contributed by atoms with E-state index in [4.69, 9.17) is 10.5 Å². The Morgan fingerprint density at radius 3 is 2.58 bits per heavy atom. The summed E-state index contributed by atoms with van der Waals surface area (Å²) in [6.45, 7) is 6.03. The monoisotopic (exact) mass is 419 g/mol. The molecule has 2 aromatic carbocycles. The lowest BCUT2D eigenvalue weighted by molar-refractivity contribution is 0.122. The van der Waals surface area contributed by atoms with Crippen molar-refractivity contribution in [3.63, 3.8) is 0 Å². The number of nitrogens with two attached hydrogens (primary N) is 1. The van der Waals surface area contributed by atoms with E-state index >= 15 is 0 Å². The number of morpholine rings is 1. The zero-order valence-corrected chi connectivity index (χ0v) is 17.8. The van der Waals surface area contributed by atoms with Crippen LogP contribution >= 0.6 is 0 Å². The minimum absolute atomic E-state index is 0.0654. The summed E-state index contributed by atoms with van der Waals surface area (Å²) in [6, 6.07) is 15.9. The number of aromatic hydroxyl groups is 1. The maximum absolute atomic E-state index is 10.5. The van der Waals surface area contributed by atoms with Gasteiger partial charge >= 0.3 is 0 Å². The maximum Gasteiger partial charge on any atom is 0.165 e. The van der Waals surface area contributed by atoms with Crippen LogP contribution in [-0.4, -0.2) is 54.0 Å². The molecule has 1 atom stereocenters. The van der Waals surface area contributed by atoms with Crippen LogP contribution in [0.3, 0.4) is 0 Å². The molecule has 1 saturated heterocycles. The van der Waals surface area contributed by atoms with Gasteiger partial charge < -0.3 is 25.8 Å². The van der Waals surface area contributed by atoms with E-state index in [9.17, 15) is 5.11 Å². The maximum atomic E-state index is 10.5. The number of aromatic nitrogens is 2. The number of benzene rings is 2. The quantitative estimate of drug-likeness (QED) is 0.539. The molecule has 4 rings (SSSR count). The lowest BCUT2D eigenvalue weighted by atomic mass is 10.0. The van der Waals surface area contributed by atoms with Crippen molar-refractivity contribution in [1.82, 2.24) is 9.97 Å². The van der Waals surface area contributed by atoms with E-state index in [2.05, 4.69) is 51.4 Å². The van der Waals surface area contributed by atoms with Gasteiger partial charge in [-0.2, -0.15) is 0 Å². The lowest BCUT2D eigenvalue weighted by Gasteiger charge is -2.28. The molecule has 0 bridgehead atoms. The van der Waals surface area contributed by atoms with E-state index in [0.717, 1.165) is 43.9 Å². The summed E-state index contributed by atoms with van der Waals surface area (Å²) in [4.78, 5) is 11.3. The average Bonchev–Trinajstić information content (AvgIpc) is 2.83. The van der Waals surface area contributed by atoms with Gasteiger partial charge in [-0.25, -0.2) is 9.97 Å². The van der Waals surface area contributed by atoms with E-state index < -0.39 is 0 Å². The molecule has 0 radical (unpaired) electrons. The van der Waals surface area contributed by atoms with Crippen LogP contribution in [0.2, 0.25) is 0 Å². The van der Waals surface area contributed by atoms with Gasteiger partial charge in [-0.3, -0.25) is 0 Å². The molecule has 0 unspecified atom stereocenters. The van der Waals surface area contributed by atoms with Crippen LogP contribution < -0.4 is 16.0 Å². The largest absolute Gasteiger partial charge is 0.507 e. The fraction of sp³-hybridized carbons (Fsp3) is 0.333. The highest BCUT2D eigenvalue weighted by Crippen LogP contribution is 2.33. The highest BCUT2D eigenvalue weighted by Gasteiger charge is 2.13. The molecule has 0 saturated carbocycles. The van der Waals surface area contributed by atoms with Crippen LogP contribution in [0.1, 0.15) is 13.3 Å². The second-order valence-corrected chi connectivity index (χ2v) is 7.69. The molecule has 162 valence electrons. The number of phenols is 1. The van der Waals surface area contributed by atoms with Crippen molar-refractivity contribution in [2.45, 2.75) is 19.4 Å². The van der Waals surface area contributed by atoms with Gasteiger partial charge in [-0.1, -0.05) is 25.1 Å². The predicted octanol–water partition coefficient (Wildman–Crippen LogP) is 3.50. The number of ether oxygens (including phenoxy) is 1. The third kappa shape index (κ3) is 5.13. The Labute approximate surface area is 182 Å². The summed E-state index contributed by atoms with van der Waals surface area (Å²) in [7, 11) is 0. The number of rotatable bonds is 7. The highest BCUT2D eigenvalue weighted by molar-refractivity contribution is 5.75. The van der Waals surface area contributed by atoms with E-state index in [1.165, 1.54) is 5.69 Å². The highest BCUT2D eigenvalue weighted by atomic mass is 16.5. The lowest BCUT2D eigenvalue weighted by Crippen LogP contribution is -2.36. The number of hydrogen-bond donors (Lipinski definition) is 3. The first-order valence-electron chi connectivity index (χ1n) is 10.7. The second kappa shape index (κ2) is 9.76. The van der Waals surface area contributed by atoms with Gasteiger partial charge in [0.15, 0.2) is 5.82 Å². The molecule has 1 aromatic heterocycles. The number of anilines is 2. The van der Waals surface area contributed by atoms with Crippen LogP contribution in [0.4, 0.5) is 11.5 Å². The molecule has 1 fully saturated rings. The van der Waals surface area contributed by atoms with Crippen molar-refractivity contribution in [2.24, 2.45) is 5.73 Å². The standard InChI is InChI=1S/C24H29N5O2/c1-2-19(25)16-27-23-9-10-26-24(28-23)21-15-18(5-8-22(21)30)17-3-6-20(7-4-17)29-11-13-31-14-12-29/h3-10,15,19,30H,2,11-14,16,25H2,1H3,(H,26,27,28)/t19-/m1/s1. The first kappa shape index (κ1) is 21.1. The Bertz CT molecular complexity index is 1000. The van der Waals surface area contributed by atoms with Crippen LogP contribution in [0.15, 0.2) is 54.7 Å². The Morgan fingerprint density at radius 2 is 1.84 bits per heavy atom. The van der Waals surface area contributed by atoms with Gasteiger partial charge in [0.25, 0.3) is 0 Å². The van der Waals surface area contributed by atoms with Crippen molar-refractivity contribution in [2.75, 3.05) is 43.1 Å². The number of nitrogens with zero attached hydrogens (tertiary/aromatic N) is 3. The second-order valence-electron chi connectivity index (χ2n) is 7.69. The fourth-order valence-electron chi connectivity index (χ4n) is 3.55. The van der Waals surface area contributed by atoms with Crippen LogP contribution in [0.5, 0.6) is 5.75 Å². The molecule has 31 heavy (non-hydrogen) atoms. The smallest absolute Gasteiger partial charge is 0.165 e. The molecule has 0 aliphatic carbocycles. The Hall–Kier alpha value is -3.16. The van der Waals surface area contributed by atoms with Gasteiger partial charge in [0.2, 0.25) is 0 Å². The van der Waals surface area contributed by atoms with Gasteiger partial charge in [0.1, 0.15) is 11.6 Å². The van der Waals surface area contributed by atoms with Crippen LogP contribution in [-0.2, 0) is 4.74 Å².